The smallest absolute Gasteiger partial charge is 0.292 e. The van der Waals surface area contributed by atoms with Gasteiger partial charge in [-0.2, -0.15) is 8.42 Å². The Morgan fingerprint density at radius 1 is 1.38 bits per heavy atom. The first kappa shape index (κ1) is 11.8. The van der Waals surface area contributed by atoms with Gasteiger partial charge >= 0.3 is 19.3 Å². The Bertz CT molecular complexity index is 165. The van der Waals surface area contributed by atoms with Crippen LogP contribution in [0.2, 0.25) is 0 Å². The molecule has 0 aromatic heterocycles. The molecule has 0 saturated carbocycles. The van der Waals surface area contributed by atoms with E-state index in [-0.39, 0.29) is 29.6 Å². The maximum Gasteiger partial charge on any atom is 0.373 e. The molecule has 5 nitrogen and oxygen atoms in total. The van der Waals surface area contributed by atoms with E-state index in [1.807, 2.05) is 0 Å². The van der Waals surface area contributed by atoms with Gasteiger partial charge in [0.05, 0.1) is 0 Å². The topological polar surface area (TPSA) is 91.7 Å². The predicted octanol–water partition coefficient (Wildman–Crippen LogP) is -1.37. The van der Waals surface area contributed by atoms with Crippen molar-refractivity contribution < 1.29 is 21.7 Å². The van der Waals surface area contributed by atoms with Crippen molar-refractivity contribution in [3.8, 4) is 0 Å². The minimum absolute atomic E-state index is 0. The molecule has 0 rings (SSSR count). The van der Waals surface area contributed by atoms with Gasteiger partial charge in [0.15, 0.2) is 0 Å². The summed E-state index contributed by atoms with van der Waals surface area (Å²) in [7, 11) is -7.87. The fourth-order valence-electron chi connectivity index (χ4n) is 0. The fourth-order valence-corrected chi connectivity index (χ4v) is 0. The number of hydrogen-bond donors (Lipinski definition) is 2. The van der Waals surface area contributed by atoms with E-state index in [9.17, 15) is 12.6 Å². The van der Waals surface area contributed by atoms with Crippen LogP contribution in [0, 0.1) is 0 Å². The summed E-state index contributed by atoms with van der Waals surface area (Å²) in [6, 6.07) is 0. The zero-order valence-electron chi connectivity index (χ0n) is 3.94. The Kier molecular flexibility index (Phi) is 5.79. The van der Waals surface area contributed by atoms with Crippen molar-refractivity contribution in [2.45, 2.75) is 0 Å². The zero-order chi connectivity index (χ0) is 6.08. The van der Waals surface area contributed by atoms with Gasteiger partial charge in [-0.05, 0) is 0 Å². The average Bonchev–Trinajstić information content (AvgIpc) is 1.31. The zero-order valence-corrected chi connectivity index (χ0v) is 7.57. The standard InChI is InChI=1S/Na.H2O5S2/c;1-6(2)7(3,4)5/h;(H,1,2)(H,3,4,5). The third-order valence-electron chi connectivity index (χ3n) is 0.180. The molecular formula is H2NaO5S2. The molecule has 0 saturated heterocycles. The predicted molar refractivity (Wildman–Crippen MR) is 28.1 cm³/mol. The first-order chi connectivity index (χ1) is 2.94. The summed E-state index contributed by atoms with van der Waals surface area (Å²) in [6.45, 7) is 0. The van der Waals surface area contributed by atoms with E-state index in [1.165, 1.54) is 0 Å². The van der Waals surface area contributed by atoms with Gasteiger partial charge in [0, 0.05) is 29.6 Å². The molecule has 8 heteroatoms. The van der Waals surface area contributed by atoms with Crippen molar-refractivity contribution in [2.24, 2.45) is 0 Å². The van der Waals surface area contributed by atoms with Gasteiger partial charge in [-0.25, -0.2) is 4.21 Å². The molecule has 8 heavy (non-hydrogen) atoms. The van der Waals surface area contributed by atoms with E-state index in [0.717, 1.165) is 0 Å². The summed E-state index contributed by atoms with van der Waals surface area (Å²) in [6.07, 6.45) is 0. The van der Waals surface area contributed by atoms with Crippen LogP contribution in [0.25, 0.3) is 0 Å². The first-order valence-electron chi connectivity index (χ1n) is 1.03. The normalized spacial score (nSPS) is 14.2. The fraction of sp³-hybridized carbons (Fsp3) is 0. The SMILES string of the molecule is O=S(O)S(=O)(=O)O.[Na]. The van der Waals surface area contributed by atoms with E-state index < -0.39 is 19.3 Å². The molecule has 1 radical (unpaired) electrons. The third kappa shape index (κ3) is 5.16. The van der Waals surface area contributed by atoms with Gasteiger partial charge in [0.1, 0.15) is 0 Å². The number of rotatable bonds is 1. The molecule has 0 aromatic carbocycles. The van der Waals surface area contributed by atoms with Crippen LogP contribution in [-0.2, 0) is 19.3 Å². The molecule has 0 amide bonds. The molecule has 0 aliphatic rings. The molecule has 2 N–H and O–H groups in total. The third-order valence-corrected chi connectivity index (χ3v) is 1.62. The van der Waals surface area contributed by atoms with Crippen LogP contribution in [0.4, 0.5) is 0 Å². The van der Waals surface area contributed by atoms with Gasteiger partial charge in [-0.3, -0.25) is 9.11 Å². The minimum atomic E-state index is -4.71. The Morgan fingerprint density at radius 3 is 1.50 bits per heavy atom. The summed E-state index contributed by atoms with van der Waals surface area (Å²) in [5.74, 6) is 0. The van der Waals surface area contributed by atoms with Crippen molar-refractivity contribution >= 4 is 48.8 Å². The molecule has 0 aliphatic heterocycles. The number of hydrogen-bond acceptors (Lipinski definition) is 3. The molecule has 0 heterocycles. The Morgan fingerprint density at radius 2 is 1.50 bits per heavy atom. The molecule has 1 unspecified atom stereocenters. The monoisotopic (exact) mass is 169 g/mol. The Hall–Kier alpha value is 1.02. The molecule has 45 valence electrons. The molecule has 0 bridgehead atoms. The van der Waals surface area contributed by atoms with Gasteiger partial charge in [0.2, 0.25) is 0 Å². The largest absolute Gasteiger partial charge is 0.373 e. The second-order valence-corrected chi connectivity index (χ2v) is 4.05. The van der Waals surface area contributed by atoms with Crippen LogP contribution in [-0.4, -0.2) is 51.3 Å². The van der Waals surface area contributed by atoms with Crippen LogP contribution in [0.5, 0.6) is 0 Å². The van der Waals surface area contributed by atoms with Crippen molar-refractivity contribution in [3.63, 3.8) is 0 Å². The van der Waals surface area contributed by atoms with Crippen LogP contribution in [0.15, 0.2) is 0 Å². The summed E-state index contributed by atoms with van der Waals surface area (Å²) < 4.78 is 43.0. The molecule has 0 spiro atoms. The Balaban J connectivity index is 0. The quantitative estimate of drug-likeness (QED) is 0.219. The van der Waals surface area contributed by atoms with E-state index in [2.05, 4.69) is 0 Å². The summed E-state index contributed by atoms with van der Waals surface area (Å²) in [4.78, 5) is 0. The maximum atomic E-state index is 9.34. The first-order valence-corrected chi connectivity index (χ1v) is 4.10. The van der Waals surface area contributed by atoms with Gasteiger partial charge in [-0.1, -0.05) is 0 Å². The van der Waals surface area contributed by atoms with Crippen molar-refractivity contribution in [3.05, 3.63) is 0 Å². The van der Waals surface area contributed by atoms with Gasteiger partial charge < -0.3 is 0 Å². The van der Waals surface area contributed by atoms with Crippen LogP contribution >= 0.6 is 0 Å². The van der Waals surface area contributed by atoms with Crippen LogP contribution in [0.1, 0.15) is 0 Å². The second kappa shape index (κ2) is 3.94. The van der Waals surface area contributed by atoms with Crippen molar-refractivity contribution in [1.82, 2.24) is 0 Å². The van der Waals surface area contributed by atoms with Gasteiger partial charge in [0.25, 0.3) is 0 Å². The van der Waals surface area contributed by atoms with Gasteiger partial charge in [-0.15, -0.1) is 0 Å². The van der Waals surface area contributed by atoms with E-state index >= 15 is 0 Å². The van der Waals surface area contributed by atoms with Crippen molar-refractivity contribution in [1.29, 1.82) is 0 Å². The summed E-state index contributed by atoms with van der Waals surface area (Å²) in [5.41, 5.74) is 0. The van der Waals surface area contributed by atoms with Crippen LogP contribution in [0.3, 0.4) is 0 Å². The van der Waals surface area contributed by atoms with Crippen LogP contribution < -0.4 is 0 Å². The molecule has 0 fully saturated rings. The van der Waals surface area contributed by atoms with E-state index in [4.69, 9.17) is 9.11 Å². The summed E-state index contributed by atoms with van der Waals surface area (Å²) in [5, 5.41) is 0. The second-order valence-electron chi connectivity index (χ2n) is 0.645. The molecule has 1 atom stereocenters. The minimum Gasteiger partial charge on any atom is -0.292 e. The van der Waals surface area contributed by atoms with E-state index in [1.54, 1.807) is 0 Å². The van der Waals surface area contributed by atoms with E-state index in [0.29, 0.717) is 0 Å². The average molecular weight is 169 g/mol. The maximum absolute atomic E-state index is 9.34. The Labute approximate surface area is 70.2 Å². The molecule has 0 aromatic rings. The van der Waals surface area contributed by atoms with Crippen molar-refractivity contribution in [2.75, 3.05) is 0 Å². The molecular weight excluding hydrogens is 167 g/mol. The molecule has 0 aliphatic carbocycles. The summed E-state index contributed by atoms with van der Waals surface area (Å²) >= 11 is 0.